The van der Waals surface area contributed by atoms with Crippen molar-refractivity contribution in [2.24, 2.45) is 0 Å². The van der Waals surface area contributed by atoms with Crippen LogP contribution in [0.3, 0.4) is 0 Å². The first kappa shape index (κ1) is 17.7. The van der Waals surface area contributed by atoms with Gasteiger partial charge in [0.05, 0.1) is 13.7 Å². The molecular weight excluding hydrogens is 264 g/mol. The second-order valence-corrected chi connectivity index (χ2v) is 5.06. The number of carbonyl (C=O) groups excluding carboxylic acids is 1. The summed E-state index contributed by atoms with van der Waals surface area (Å²) in [5.41, 5.74) is 0.728. The number of carbonyl (C=O) groups is 1. The zero-order valence-corrected chi connectivity index (χ0v) is 13.5. The van der Waals surface area contributed by atoms with Crippen LogP contribution < -0.4 is 10.1 Å². The minimum atomic E-state index is 0.126. The van der Waals surface area contributed by atoms with Crippen molar-refractivity contribution in [1.29, 1.82) is 0 Å². The molecule has 1 aromatic rings. The SMILES string of the molecule is CCN(CC)CCCCNCC(=O)c1ccc(OC)cc1. The quantitative estimate of drug-likeness (QED) is 0.503. The Kier molecular flexibility index (Phi) is 8.71. The van der Waals surface area contributed by atoms with E-state index >= 15 is 0 Å². The third-order valence-corrected chi connectivity index (χ3v) is 3.67. The van der Waals surface area contributed by atoms with Crippen LogP contribution in [0, 0.1) is 0 Å². The first-order chi connectivity index (χ1) is 10.2. The fraction of sp³-hybridized carbons (Fsp3) is 0.588. The van der Waals surface area contributed by atoms with Gasteiger partial charge in [-0.3, -0.25) is 4.79 Å². The minimum Gasteiger partial charge on any atom is -0.497 e. The van der Waals surface area contributed by atoms with Crippen molar-refractivity contribution in [2.45, 2.75) is 26.7 Å². The van der Waals surface area contributed by atoms with Crippen molar-refractivity contribution in [3.05, 3.63) is 29.8 Å². The Bertz CT molecular complexity index is 400. The number of methoxy groups -OCH3 is 1. The number of rotatable bonds is 11. The fourth-order valence-corrected chi connectivity index (χ4v) is 2.21. The van der Waals surface area contributed by atoms with Gasteiger partial charge in [-0.1, -0.05) is 13.8 Å². The molecule has 0 unspecified atom stereocenters. The van der Waals surface area contributed by atoms with Gasteiger partial charge in [0.25, 0.3) is 0 Å². The highest BCUT2D eigenvalue weighted by Crippen LogP contribution is 2.11. The number of nitrogens with zero attached hydrogens (tertiary/aromatic N) is 1. The van der Waals surface area contributed by atoms with Gasteiger partial charge in [-0.25, -0.2) is 0 Å². The smallest absolute Gasteiger partial charge is 0.176 e. The normalized spacial score (nSPS) is 10.9. The van der Waals surface area contributed by atoms with Crippen LogP contribution in [0.5, 0.6) is 5.75 Å². The predicted molar refractivity (Wildman–Crippen MR) is 87.2 cm³/mol. The number of hydrogen-bond acceptors (Lipinski definition) is 4. The van der Waals surface area contributed by atoms with Crippen molar-refractivity contribution in [3.63, 3.8) is 0 Å². The molecule has 0 spiro atoms. The van der Waals surface area contributed by atoms with Crippen LogP contribution in [0.15, 0.2) is 24.3 Å². The van der Waals surface area contributed by atoms with Crippen LogP contribution in [-0.2, 0) is 0 Å². The Morgan fingerprint density at radius 3 is 2.38 bits per heavy atom. The lowest BCUT2D eigenvalue weighted by Crippen LogP contribution is -2.26. The van der Waals surface area contributed by atoms with Crippen LogP contribution in [0.4, 0.5) is 0 Å². The second kappa shape index (κ2) is 10.4. The summed E-state index contributed by atoms with van der Waals surface area (Å²) < 4.78 is 5.08. The maximum atomic E-state index is 12.0. The summed E-state index contributed by atoms with van der Waals surface area (Å²) in [7, 11) is 1.62. The molecule has 0 heterocycles. The third kappa shape index (κ3) is 6.74. The molecule has 1 rings (SSSR count). The summed E-state index contributed by atoms with van der Waals surface area (Å²) in [4.78, 5) is 14.4. The van der Waals surface area contributed by atoms with E-state index in [0.29, 0.717) is 6.54 Å². The lowest BCUT2D eigenvalue weighted by atomic mass is 10.1. The van der Waals surface area contributed by atoms with Gasteiger partial charge in [0, 0.05) is 5.56 Å². The molecule has 0 aliphatic rings. The molecule has 0 aliphatic heterocycles. The van der Waals surface area contributed by atoms with E-state index in [1.807, 2.05) is 24.3 Å². The fourth-order valence-electron chi connectivity index (χ4n) is 2.21. The summed E-state index contributed by atoms with van der Waals surface area (Å²) in [5.74, 6) is 0.900. The molecular formula is C17H28N2O2. The Balaban J connectivity index is 2.15. The van der Waals surface area contributed by atoms with Crippen molar-refractivity contribution in [3.8, 4) is 5.75 Å². The summed E-state index contributed by atoms with van der Waals surface area (Å²) in [6.45, 7) is 9.03. The molecule has 4 nitrogen and oxygen atoms in total. The predicted octanol–water partition coefficient (Wildman–Crippen LogP) is 2.59. The number of hydrogen-bond donors (Lipinski definition) is 1. The molecule has 118 valence electrons. The molecule has 0 saturated heterocycles. The summed E-state index contributed by atoms with van der Waals surface area (Å²) in [6.07, 6.45) is 2.28. The standard InChI is InChI=1S/C17H28N2O2/c1-4-19(5-2)13-7-6-12-18-14-17(20)15-8-10-16(21-3)11-9-15/h8-11,18H,4-7,12-14H2,1-3H3. The Morgan fingerprint density at radius 2 is 1.81 bits per heavy atom. The lowest BCUT2D eigenvalue weighted by molar-refractivity contribution is 0.0991. The van der Waals surface area contributed by atoms with Gasteiger partial charge >= 0.3 is 0 Å². The number of unbranched alkanes of at least 4 members (excludes halogenated alkanes) is 1. The summed E-state index contributed by atoms with van der Waals surface area (Å²) in [5, 5.41) is 3.22. The van der Waals surface area contributed by atoms with Crippen LogP contribution in [0.25, 0.3) is 0 Å². The van der Waals surface area contributed by atoms with E-state index in [-0.39, 0.29) is 5.78 Å². The van der Waals surface area contributed by atoms with Crippen LogP contribution in [0.1, 0.15) is 37.0 Å². The monoisotopic (exact) mass is 292 g/mol. The zero-order valence-electron chi connectivity index (χ0n) is 13.5. The number of ketones is 1. The molecule has 0 radical (unpaired) electrons. The molecule has 0 saturated carbocycles. The average molecular weight is 292 g/mol. The van der Waals surface area contributed by atoms with Crippen molar-refractivity contribution in [1.82, 2.24) is 10.2 Å². The maximum absolute atomic E-state index is 12.0. The number of ether oxygens (including phenoxy) is 1. The number of nitrogens with one attached hydrogen (secondary N) is 1. The molecule has 1 aromatic carbocycles. The lowest BCUT2D eigenvalue weighted by Gasteiger charge is -2.17. The van der Waals surface area contributed by atoms with Crippen LogP contribution in [0.2, 0.25) is 0 Å². The molecule has 21 heavy (non-hydrogen) atoms. The zero-order chi connectivity index (χ0) is 15.5. The van der Waals surface area contributed by atoms with Crippen molar-refractivity contribution < 1.29 is 9.53 Å². The van der Waals surface area contributed by atoms with Crippen LogP contribution >= 0.6 is 0 Å². The number of Topliss-reactive ketones (excluding diaryl/α,β-unsaturated/α-hetero) is 1. The van der Waals surface area contributed by atoms with Gasteiger partial charge in [-0.15, -0.1) is 0 Å². The molecule has 1 N–H and O–H groups in total. The number of benzene rings is 1. The van der Waals surface area contributed by atoms with E-state index in [1.165, 1.54) is 6.42 Å². The topological polar surface area (TPSA) is 41.6 Å². The molecule has 0 aliphatic carbocycles. The summed E-state index contributed by atoms with van der Waals surface area (Å²) in [6, 6.07) is 7.25. The van der Waals surface area contributed by atoms with Gasteiger partial charge in [0.2, 0.25) is 0 Å². The van der Waals surface area contributed by atoms with Gasteiger partial charge in [0.1, 0.15) is 5.75 Å². The third-order valence-electron chi connectivity index (χ3n) is 3.67. The van der Waals surface area contributed by atoms with E-state index in [1.54, 1.807) is 7.11 Å². The molecule has 0 fully saturated rings. The van der Waals surface area contributed by atoms with E-state index in [2.05, 4.69) is 24.1 Å². The van der Waals surface area contributed by atoms with E-state index in [0.717, 1.165) is 43.9 Å². The van der Waals surface area contributed by atoms with E-state index in [9.17, 15) is 4.79 Å². The Morgan fingerprint density at radius 1 is 1.14 bits per heavy atom. The van der Waals surface area contributed by atoms with Crippen molar-refractivity contribution in [2.75, 3.05) is 39.8 Å². The Labute approximate surface area is 128 Å². The highest BCUT2D eigenvalue weighted by atomic mass is 16.5. The average Bonchev–Trinajstić information content (AvgIpc) is 2.54. The molecule has 0 aromatic heterocycles. The largest absolute Gasteiger partial charge is 0.497 e. The minimum absolute atomic E-state index is 0.126. The van der Waals surface area contributed by atoms with Gasteiger partial charge in [-0.05, 0) is 63.3 Å². The first-order valence-electron chi connectivity index (χ1n) is 7.81. The van der Waals surface area contributed by atoms with Gasteiger partial charge in [0.15, 0.2) is 5.78 Å². The molecule has 4 heteroatoms. The van der Waals surface area contributed by atoms with Crippen LogP contribution in [-0.4, -0.2) is 50.5 Å². The van der Waals surface area contributed by atoms with E-state index < -0.39 is 0 Å². The van der Waals surface area contributed by atoms with Gasteiger partial charge in [-0.2, -0.15) is 0 Å². The second-order valence-electron chi connectivity index (χ2n) is 5.06. The van der Waals surface area contributed by atoms with Gasteiger partial charge < -0.3 is 15.0 Å². The highest BCUT2D eigenvalue weighted by Gasteiger charge is 2.05. The van der Waals surface area contributed by atoms with E-state index in [4.69, 9.17) is 4.74 Å². The highest BCUT2D eigenvalue weighted by molar-refractivity contribution is 5.97. The molecule has 0 bridgehead atoms. The maximum Gasteiger partial charge on any atom is 0.176 e. The van der Waals surface area contributed by atoms with Crippen molar-refractivity contribution >= 4 is 5.78 Å². The molecule has 0 amide bonds. The Hall–Kier alpha value is -1.39. The first-order valence-corrected chi connectivity index (χ1v) is 7.81. The summed E-state index contributed by atoms with van der Waals surface area (Å²) >= 11 is 0. The molecule has 0 atom stereocenters.